The number of hydrogen-bond donors (Lipinski definition) is 1. The van der Waals surface area contributed by atoms with Crippen molar-refractivity contribution >= 4 is 23.5 Å². The van der Waals surface area contributed by atoms with Crippen molar-refractivity contribution in [1.82, 2.24) is 9.97 Å². The molecule has 0 radical (unpaired) electrons. The summed E-state index contributed by atoms with van der Waals surface area (Å²) in [6, 6.07) is 1.65. The largest absolute Gasteiger partial charge is 0.465 e. The monoisotopic (exact) mass is 227 g/mol. The van der Waals surface area contributed by atoms with E-state index in [1.807, 2.05) is 0 Å². The Bertz CT molecular complexity index is 333. The van der Waals surface area contributed by atoms with Crippen LogP contribution in [0, 0.1) is 0 Å². The number of nitrogens with zero attached hydrogens (tertiary/aromatic N) is 2. The van der Waals surface area contributed by atoms with E-state index in [0.29, 0.717) is 24.0 Å². The van der Waals surface area contributed by atoms with Crippen molar-refractivity contribution in [3.8, 4) is 0 Å². The molecular formula is C9H13N3O2S. The number of aromatic nitrogens is 2. The molecule has 0 bridgehead atoms. The fourth-order valence-electron chi connectivity index (χ4n) is 0.892. The zero-order valence-electron chi connectivity index (χ0n) is 8.47. The Morgan fingerprint density at radius 2 is 2.47 bits per heavy atom. The van der Waals surface area contributed by atoms with Gasteiger partial charge in [-0.05, 0) is 6.07 Å². The van der Waals surface area contributed by atoms with Crippen LogP contribution in [0.2, 0.25) is 0 Å². The molecule has 15 heavy (non-hydrogen) atoms. The van der Waals surface area contributed by atoms with Gasteiger partial charge < -0.3 is 10.5 Å². The average Bonchev–Trinajstić information content (AvgIpc) is 2.17. The predicted molar refractivity (Wildman–Crippen MR) is 59.2 cm³/mol. The summed E-state index contributed by atoms with van der Waals surface area (Å²) in [5, 5.41) is 0. The number of anilines is 1. The summed E-state index contributed by atoms with van der Waals surface area (Å²) in [7, 11) is 0. The van der Waals surface area contributed by atoms with Crippen molar-refractivity contribution < 1.29 is 9.53 Å². The molecule has 1 aromatic heterocycles. The molecule has 0 atom stereocenters. The molecule has 0 unspecified atom stereocenters. The molecule has 0 fully saturated rings. The van der Waals surface area contributed by atoms with Gasteiger partial charge in [-0.2, -0.15) is 11.8 Å². The number of ether oxygens (including phenoxy) is 1. The van der Waals surface area contributed by atoms with Gasteiger partial charge in [-0.1, -0.05) is 0 Å². The number of esters is 1. The Morgan fingerprint density at radius 1 is 1.67 bits per heavy atom. The number of hydrogen-bond acceptors (Lipinski definition) is 6. The van der Waals surface area contributed by atoms with E-state index in [9.17, 15) is 4.79 Å². The van der Waals surface area contributed by atoms with E-state index in [0.717, 1.165) is 5.75 Å². The lowest BCUT2D eigenvalue weighted by Gasteiger charge is -2.01. The fraction of sp³-hybridized carbons (Fsp3) is 0.444. The first-order valence-electron chi connectivity index (χ1n) is 4.47. The lowest BCUT2D eigenvalue weighted by molar-refractivity contribution is -0.140. The highest BCUT2D eigenvalue weighted by atomic mass is 32.2. The normalized spacial score (nSPS) is 9.93. The number of thioether (sulfide) groups is 1. The van der Waals surface area contributed by atoms with Crippen LogP contribution < -0.4 is 5.73 Å². The first-order valence-corrected chi connectivity index (χ1v) is 5.62. The number of carbonyl (C=O) groups excluding carboxylic acids is 1. The molecule has 0 saturated carbocycles. The minimum atomic E-state index is -0.254. The first kappa shape index (κ1) is 11.8. The van der Waals surface area contributed by atoms with Gasteiger partial charge in [-0.25, -0.2) is 9.97 Å². The maximum Gasteiger partial charge on any atom is 0.302 e. The minimum Gasteiger partial charge on any atom is -0.465 e. The van der Waals surface area contributed by atoms with Crippen LogP contribution in [0.5, 0.6) is 0 Å². The highest BCUT2D eigenvalue weighted by Crippen LogP contribution is 2.08. The predicted octanol–water partition coefficient (Wildman–Crippen LogP) is 0.855. The molecule has 0 aliphatic carbocycles. The Hall–Kier alpha value is -1.30. The molecule has 1 rings (SSSR count). The Kier molecular flexibility index (Phi) is 4.89. The van der Waals surface area contributed by atoms with Crippen LogP contribution in [0.4, 0.5) is 5.82 Å². The number of rotatable bonds is 5. The number of nitrogen functional groups attached to an aromatic ring is 1. The second kappa shape index (κ2) is 6.23. The van der Waals surface area contributed by atoms with E-state index in [-0.39, 0.29) is 5.97 Å². The van der Waals surface area contributed by atoms with Gasteiger partial charge in [-0.3, -0.25) is 4.79 Å². The number of nitrogens with two attached hydrogens (primary N) is 1. The maximum atomic E-state index is 10.4. The molecule has 0 saturated heterocycles. The Morgan fingerprint density at radius 3 is 3.13 bits per heavy atom. The van der Waals surface area contributed by atoms with Crippen molar-refractivity contribution in [1.29, 1.82) is 0 Å². The van der Waals surface area contributed by atoms with Crippen molar-refractivity contribution in [3.63, 3.8) is 0 Å². The second-order valence-corrected chi connectivity index (χ2v) is 3.90. The van der Waals surface area contributed by atoms with Gasteiger partial charge in [0.1, 0.15) is 18.2 Å². The van der Waals surface area contributed by atoms with E-state index < -0.39 is 0 Å². The molecule has 0 aromatic carbocycles. The molecule has 2 N–H and O–H groups in total. The SMILES string of the molecule is CC(=O)OCCSCc1nccc(N)n1. The van der Waals surface area contributed by atoms with Crippen LogP contribution >= 0.6 is 11.8 Å². The summed E-state index contributed by atoms with van der Waals surface area (Å²) in [6.45, 7) is 1.81. The first-order chi connectivity index (χ1) is 7.18. The Balaban J connectivity index is 2.17. The van der Waals surface area contributed by atoms with Crippen molar-refractivity contribution in [2.75, 3.05) is 18.1 Å². The van der Waals surface area contributed by atoms with Gasteiger partial charge in [0.2, 0.25) is 0 Å². The van der Waals surface area contributed by atoms with Crippen molar-refractivity contribution in [2.45, 2.75) is 12.7 Å². The molecular weight excluding hydrogens is 214 g/mol. The fourth-order valence-corrected chi connectivity index (χ4v) is 1.56. The molecule has 1 aromatic rings. The van der Waals surface area contributed by atoms with E-state index in [4.69, 9.17) is 10.5 Å². The van der Waals surface area contributed by atoms with Crippen LogP contribution in [0.1, 0.15) is 12.7 Å². The molecule has 0 spiro atoms. The Labute approximate surface area is 92.4 Å². The highest BCUT2D eigenvalue weighted by Gasteiger charge is 1.98. The van der Waals surface area contributed by atoms with Gasteiger partial charge in [0.25, 0.3) is 0 Å². The summed E-state index contributed by atoms with van der Waals surface area (Å²) in [6.07, 6.45) is 1.63. The quantitative estimate of drug-likeness (QED) is 0.593. The van der Waals surface area contributed by atoms with Crippen LogP contribution in [-0.4, -0.2) is 28.3 Å². The molecule has 82 valence electrons. The molecule has 0 aliphatic rings. The topological polar surface area (TPSA) is 78.1 Å². The van der Waals surface area contributed by atoms with E-state index in [1.54, 1.807) is 24.0 Å². The van der Waals surface area contributed by atoms with Crippen molar-refractivity contribution in [2.24, 2.45) is 0 Å². The van der Waals surface area contributed by atoms with Gasteiger partial charge in [0, 0.05) is 18.9 Å². The standard InChI is InChI=1S/C9H13N3O2S/c1-7(13)14-4-5-15-6-9-11-3-2-8(10)12-9/h2-3H,4-6H2,1H3,(H2,10,11,12). The van der Waals surface area contributed by atoms with E-state index in [1.165, 1.54) is 6.92 Å². The minimum absolute atomic E-state index is 0.254. The lowest BCUT2D eigenvalue weighted by Crippen LogP contribution is -2.03. The van der Waals surface area contributed by atoms with Crippen LogP contribution in [0.25, 0.3) is 0 Å². The maximum absolute atomic E-state index is 10.4. The number of carbonyl (C=O) groups is 1. The second-order valence-electron chi connectivity index (χ2n) is 2.79. The summed E-state index contributed by atoms with van der Waals surface area (Å²) in [5.41, 5.74) is 5.50. The van der Waals surface area contributed by atoms with E-state index >= 15 is 0 Å². The summed E-state index contributed by atoms with van der Waals surface area (Å²) in [5.74, 6) is 2.32. The lowest BCUT2D eigenvalue weighted by atomic mass is 10.5. The summed E-state index contributed by atoms with van der Waals surface area (Å²) >= 11 is 1.60. The molecule has 0 amide bonds. The third kappa shape index (κ3) is 5.21. The van der Waals surface area contributed by atoms with Gasteiger partial charge in [0.05, 0.1) is 5.75 Å². The molecule has 0 aliphatic heterocycles. The molecule has 6 heteroatoms. The molecule has 5 nitrogen and oxygen atoms in total. The van der Waals surface area contributed by atoms with Crippen molar-refractivity contribution in [3.05, 3.63) is 18.1 Å². The smallest absolute Gasteiger partial charge is 0.302 e. The van der Waals surface area contributed by atoms with Crippen LogP contribution in [0.3, 0.4) is 0 Å². The zero-order chi connectivity index (χ0) is 11.1. The average molecular weight is 227 g/mol. The highest BCUT2D eigenvalue weighted by molar-refractivity contribution is 7.98. The zero-order valence-corrected chi connectivity index (χ0v) is 9.29. The summed E-state index contributed by atoms with van der Waals surface area (Å²) < 4.78 is 4.78. The van der Waals surface area contributed by atoms with E-state index in [2.05, 4.69) is 9.97 Å². The van der Waals surface area contributed by atoms with Gasteiger partial charge in [-0.15, -0.1) is 0 Å². The van der Waals surface area contributed by atoms with Gasteiger partial charge in [0.15, 0.2) is 0 Å². The van der Waals surface area contributed by atoms with Crippen LogP contribution in [-0.2, 0) is 15.3 Å². The van der Waals surface area contributed by atoms with Gasteiger partial charge >= 0.3 is 5.97 Å². The van der Waals surface area contributed by atoms with Crippen LogP contribution in [0.15, 0.2) is 12.3 Å². The third-order valence-corrected chi connectivity index (χ3v) is 2.41. The third-order valence-electron chi connectivity index (χ3n) is 1.49. The summed E-state index contributed by atoms with van der Waals surface area (Å²) in [4.78, 5) is 18.5. The molecule has 1 heterocycles.